The molecule has 1 aliphatic carbocycles. The Kier molecular flexibility index (Phi) is 5.97. The summed E-state index contributed by atoms with van der Waals surface area (Å²) in [7, 11) is 0. The van der Waals surface area contributed by atoms with Gasteiger partial charge in [-0.05, 0) is 42.7 Å². The highest BCUT2D eigenvalue weighted by atomic mass is 16.2. The number of nitrogens with zero attached hydrogens (tertiary/aromatic N) is 7. The summed E-state index contributed by atoms with van der Waals surface area (Å²) in [5.41, 5.74) is 6.53. The first kappa shape index (κ1) is 23.0. The minimum absolute atomic E-state index is 0.0122. The first-order chi connectivity index (χ1) is 18.1. The van der Waals surface area contributed by atoms with Gasteiger partial charge in [-0.1, -0.05) is 31.6 Å². The molecule has 0 radical (unpaired) electrons. The maximum absolute atomic E-state index is 11.9. The predicted molar refractivity (Wildman–Crippen MR) is 143 cm³/mol. The third kappa shape index (κ3) is 4.27. The van der Waals surface area contributed by atoms with Crippen molar-refractivity contribution in [2.24, 2.45) is 0 Å². The van der Waals surface area contributed by atoms with Crippen LogP contribution in [0.25, 0.3) is 27.8 Å². The summed E-state index contributed by atoms with van der Waals surface area (Å²) in [4.78, 5) is 16.0. The summed E-state index contributed by atoms with van der Waals surface area (Å²) in [5.74, 6) is -0.0122. The van der Waals surface area contributed by atoms with Crippen LogP contribution in [0.3, 0.4) is 0 Å². The Hall–Kier alpha value is -4.38. The van der Waals surface area contributed by atoms with Gasteiger partial charge in [0.25, 0.3) is 0 Å². The van der Waals surface area contributed by atoms with E-state index < -0.39 is 0 Å². The summed E-state index contributed by atoms with van der Waals surface area (Å²) in [6, 6.07) is 13.4. The third-order valence-electron chi connectivity index (χ3n) is 7.68. The van der Waals surface area contributed by atoms with Gasteiger partial charge in [0.15, 0.2) is 0 Å². The standard InChI is InChI=1S/C29H29N7O/c1-2-28(37)34-13-11-33(12-14-34)25-9-7-21(8-10-25)27-15-22(19-36-29(27)23(16-30)17-32-36)24-18-31-35(20-24)26-5-3-4-6-26/h2,7-10,15,17-20,26H,1,3-6,11-14H2. The summed E-state index contributed by atoms with van der Waals surface area (Å²) in [6.45, 7) is 6.53. The Bertz CT molecular complexity index is 1490. The second-order valence-electron chi connectivity index (χ2n) is 9.82. The molecule has 3 aromatic heterocycles. The lowest BCUT2D eigenvalue weighted by molar-refractivity contribution is -0.126. The normalized spacial score (nSPS) is 16.3. The molecular weight excluding hydrogens is 462 g/mol. The molecule has 0 unspecified atom stereocenters. The van der Waals surface area contributed by atoms with E-state index in [0.29, 0.717) is 24.7 Å². The highest BCUT2D eigenvalue weighted by Crippen LogP contribution is 2.34. The highest BCUT2D eigenvalue weighted by molar-refractivity contribution is 5.88. The average Bonchev–Trinajstić information content (AvgIpc) is 3.73. The van der Waals surface area contributed by atoms with Gasteiger partial charge < -0.3 is 9.80 Å². The Morgan fingerprint density at radius 1 is 0.973 bits per heavy atom. The Balaban J connectivity index is 1.32. The molecule has 6 rings (SSSR count). The van der Waals surface area contributed by atoms with Crippen LogP contribution in [0.15, 0.2) is 67.8 Å². The molecule has 0 atom stereocenters. The molecule has 4 heterocycles. The Labute approximate surface area is 216 Å². The molecule has 8 nitrogen and oxygen atoms in total. The van der Waals surface area contributed by atoms with Gasteiger partial charge >= 0.3 is 0 Å². The maximum Gasteiger partial charge on any atom is 0.246 e. The van der Waals surface area contributed by atoms with Gasteiger partial charge in [-0.2, -0.15) is 15.5 Å². The van der Waals surface area contributed by atoms with Gasteiger partial charge in [-0.25, -0.2) is 4.52 Å². The zero-order valence-corrected chi connectivity index (χ0v) is 20.8. The van der Waals surface area contributed by atoms with Crippen molar-refractivity contribution in [2.45, 2.75) is 31.7 Å². The van der Waals surface area contributed by atoms with E-state index in [4.69, 9.17) is 0 Å². The molecule has 37 heavy (non-hydrogen) atoms. The van der Waals surface area contributed by atoms with Crippen molar-refractivity contribution in [1.29, 1.82) is 5.26 Å². The van der Waals surface area contributed by atoms with E-state index in [0.717, 1.165) is 46.5 Å². The van der Waals surface area contributed by atoms with Gasteiger partial charge in [0, 0.05) is 61.0 Å². The number of pyridine rings is 1. The number of amides is 1. The molecule has 186 valence electrons. The molecule has 0 spiro atoms. The number of hydrogen-bond donors (Lipinski definition) is 0. The van der Waals surface area contributed by atoms with Crippen LogP contribution in [-0.4, -0.2) is 56.4 Å². The number of carbonyl (C=O) groups is 1. The number of rotatable bonds is 5. The zero-order chi connectivity index (χ0) is 25.4. The first-order valence-electron chi connectivity index (χ1n) is 12.9. The minimum atomic E-state index is -0.0122. The highest BCUT2D eigenvalue weighted by Gasteiger charge is 2.21. The number of aromatic nitrogens is 4. The average molecular weight is 492 g/mol. The zero-order valence-electron chi connectivity index (χ0n) is 20.8. The molecule has 1 aromatic carbocycles. The van der Waals surface area contributed by atoms with Crippen LogP contribution in [0.1, 0.15) is 37.3 Å². The lowest BCUT2D eigenvalue weighted by atomic mass is 9.99. The molecule has 0 bridgehead atoms. The molecule has 4 aromatic rings. The van der Waals surface area contributed by atoms with Crippen LogP contribution in [0.5, 0.6) is 0 Å². The van der Waals surface area contributed by atoms with Crippen LogP contribution in [-0.2, 0) is 4.79 Å². The first-order valence-corrected chi connectivity index (χ1v) is 12.9. The SMILES string of the molecule is C=CC(=O)N1CCN(c2ccc(-c3cc(-c4cnn(C5CCCC5)c4)cn4ncc(C#N)c34)cc2)CC1. The number of anilines is 1. The van der Waals surface area contributed by atoms with E-state index in [-0.39, 0.29) is 5.91 Å². The van der Waals surface area contributed by atoms with Crippen molar-refractivity contribution in [3.05, 3.63) is 73.3 Å². The van der Waals surface area contributed by atoms with Crippen LogP contribution >= 0.6 is 0 Å². The van der Waals surface area contributed by atoms with E-state index in [1.165, 1.54) is 31.8 Å². The van der Waals surface area contributed by atoms with Crippen molar-refractivity contribution in [2.75, 3.05) is 31.1 Å². The number of benzene rings is 1. The van der Waals surface area contributed by atoms with E-state index in [1.807, 2.05) is 17.3 Å². The van der Waals surface area contributed by atoms with Crippen molar-refractivity contribution in [3.63, 3.8) is 0 Å². The van der Waals surface area contributed by atoms with Crippen molar-refractivity contribution in [1.82, 2.24) is 24.3 Å². The van der Waals surface area contributed by atoms with Gasteiger partial charge in [0.2, 0.25) is 5.91 Å². The van der Waals surface area contributed by atoms with E-state index in [9.17, 15) is 10.1 Å². The lowest BCUT2D eigenvalue weighted by Gasteiger charge is -2.35. The summed E-state index contributed by atoms with van der Waals surface area (Å²) < 4.78 is 3.91. The fourth-order valence-corrected chi connectivity index (χ4v) is 5.60. The van der Waals surface area contributed by atoms with E-state index in [2.05, 4.69) is 69.0 Å². The molecule has 1 aliphatic heterocycles. The summed E-state index contributed by atoms with van der Waals surface area (Å²) in [6.07, 6.45) is 13.9. The van der Waals surface area contributed by atoms with Gasteiger partial charge in [0.1, 0.15) is 6.07 Å². The quantitative estimate of drug-likeness (QED) is 0.379. The Morgan fingerprint density at radius 3 is 2.43 bits per heavy atom. The fourth-order valence-electron chi connectivity index (χ4n) is 5.60. The molecule has 2 aliphatic rings. The summed E-state index contributed by atoms with van der Waals surface area (Å²) >= 11 is 0. The topological polar surface area (TPSA) is 82.5 Å². The Morgan fingerprint density at radius 2 is 1.73 bits per heavy atom. The van der Waals surface area contributed by atoms with E-state index >= 15 is 0 Å². The molecule has 8 heteroatoms. The van der Waals surface area contributed by atoms with Crippen LogP contribution in [0, 0.1) is 11.3 Å². The number of piperazine rings is 1. The van der Waals surface area contributed by atoms with Crippen LogP contribution in [0.4, 0.5) is 5.69 Å². The molecule has 1 amide bonds. The largest absolute Gasteiger partial charge is 0.368 e. The minimum Gasteiger partial charge on any atom is -0.368 e. The van der Waals surface area contributed by atoms with Crippen molar-refractivity contribution in [3.8, 4) is 28.3 Å². The second kappa shape index (κ2) is 9.58. The molecular formula is C29H29N7O. The number of hydrogen-bond acceptors (Lipinski definition) is 5. The van der Waals surface area contributed by atoms with Crippen LogP contribution < -0.4 is 4.90 Å². The van der Waals surface area contributed by atoms with Crippen molar-refractivity contribution < 1.29 is 4.79 Å². The van der Waals surface area contributed by atoms with Gasteiger partial charge in [0.05, 0.1) is 29.5 Å². The smallest absolute Gasteiger partial charge is 0.246 e. The number of carbonyl (C=O) groups excluding carboxylic acids is 1. The fraction of sp³-hybridized carbons (Fsp3) is 0.310. The molecule has 1 saturated heterocycles. The monoisotopic (exact) mass is 491 g/mol. The molecule has 1 saturated carbocycles. The van der Waals surface area contributed by atoms with Crippen molar-refractivity contribution >= 4 is 17.1 Å². The molecule has 0 N–H and O–H groups in total. The number of fused-ring (bicyclic) bond motifs is 1. The van der Waals surface area contributed by atoms with Gasteiger partial charge in [-0.15, -0.1) is 0 Å². The van der Waals surface area contributed by atoms with Gasteiger partial charge in [-0.3, -0.25) is 9.48 Å². The third-order valence-corrected chi connectivity index (χ3v) is 7.68. The van der Waals surface area contributed by atoms with E-state index in [1.54, 1.807) is 10.7 Å². The van der Waals surface area contributed by atoms with Crippen LogP contribution in [0.2, 0.25) is 0 Å². The molecule has 2 fully saturated rings. The second-order valence-corrected chi connectivity index (χ2v) is 9.82. The lowest BCUT2D eigenvalue weighted by Crippen LogP contribution is -2.48. The number of nitriles is 1. The maximum atomic E-state index is 11.9. The summed E-state index contributed by atoms with van der Waals surface area (Å²) in [5, 5.41) is 18.9. The predicted octanol–water partition coefficient (Wildman–Crippen LogP) is 4.69.